The zero-order chi connectivity index (χ0) is 16.4. The Kier molecular flexibility index (Phi) is 8.06. The van der Waals surface area contributed by atoms with Crippen molar-refractivity contribution >= 4 is 23.3 Å². The van der Waals surface area contributed by atoms with Crippen LogP contribution in [0.2, 0.25) is 0 Å². The monoisotopic (exact) mass is 326 g/mol. The highest BCUT2D eigenvalue weighted by Crippen LogP contribution is 2.27. The molecule has 1 rings (SSSR count). The lowest BCUT2D eigenvalue weighted by molar-refractivity contribution is -0.141. The topological polar surface area (TPSA) is 68.8 Å². The van der Waals surface area contributed by atoms with E-state index in [0.29, 0.717) is 29.8 Å². The molecule has 0 spiro atoms. The molecule has 0 atom stereocenters. The van der Waals surface area contributed by atoms with Gasteiger partial charge in [0.1, 0.15) is 6.54 Å². The quantitative estimate of drug-likeness (QED) is 0.551. The first-order valence-corrected chi connectivity index (χ1v) is 7.39. The van der Waals surface area contributed by atoms with Gasteiger partial charge in [0.2, 0.25) is 0 Å². The Balaban J connectivity index is 2.34. The SMILES string of the molecule is CCOC(=O)CNC(=S)NCCc1ccc(OC)c(OC)c1. The summed E-state index contributed by atoms with van der Waals surface area (Å²) in [6.07, 6.45) is 0.765. The van der Waals surface area contributed by atoms with Crippen molar-refractivity contribution in [2.75, 3.05) is 33.9 Å². The minimum Gasteiger partial charge on any atom is -0.493 e. The molecule has 0 aliphatic carbocycles. The average molecular weight is 326 g/mol. The molecule has 6 nitrogen and oxygen atoms in total. The van der Waals surface area contributed by atoms with Crippen LogP contribution in [0, 0.1) is 0 Å². The van der Waals surface area contributed by atoms with Crippen LogP contribution in [-0.4, -0.2) is 45.0 Å². The summed E-state index contributed by atoms with van der Waals surface area (Å²) in [5.74, 6) is 1.07. The van der Waals surface area contributed by atoms with Gasteiger partial charge in [-0.2, -0.15) is 0 Å². The molecule has 0 aliphatic rings. The number of carbonyl (C=O) groups is 1. The van der Waals surface area contributed by atoms with Gasteiger partial charge in [-0.05, 0) is 43.3 Å². The van der Waals surface area contributed by atoms with Crippen LogP contribution >= 0.6 is 12.2 Å². The van der Waals surface area contributed by atoms with Crippen molar-refractivity contribution in [1.82, 2.24) is 10.6 Å². The number of nitrogens with one attached hydrogen (secondary N) is 2. The molecule has 0 aliphatic heterocycles. The maximum atomic E-state index is 11.2. The van der Waals surface area contributed by atoms with Gasteiger partial charge in [-0.15, -0.1) is 0 Å². The predicted molar refractivity (Wildman–Crippen MR) is 88.5 cm³/mol. The maximum Gasteiger partial charge on any atom is 0.325 e. The lowest BCUT2D eigenvalue weighted by Crippen LogP contribution is -2.39. The van der Waals surface area contributed by atoms with Gasteiger partial charge in [-0.3, -0.25) is 4.79 Å². The van der Waals surface area contributed by atoms with E-state index in [-0.39, 0.29) is 12.5 Å². The fourth-order valence-electron chi connectivity index (χ4n) is 1.78. The third-order valence-electron chi connectivity index (χ3n) is 2.85. The van der Waals surface area contributed by atoms with Crippen LogP contribution in [-0.2, 0) is 16.0 Å². The van der Waals surface area contributed by atoms with Crippen molar-refractivity contribution in [3.8, 4) is 11.5 Å². The summed E-state index contributed by atoms with van der Waals surface area (Å²) in [6.45, 7) is 2.83. The highest BCUT2D eigenvalue weighted by atomic mass is 32.1. The van der Waals surface area contributed by atoms with Crippen LogP contribution in [0.25, 0.3) is 0 Å². The minimum atomic E-state index is -0.327. The Hall–Kier alpha value is -2.02. The Morgan fingerprint density at radius 2 is 1.91 bits per heavy atom. The average Bonchev–Trinajstić information content (AvgIpc) is 2.53. The Labute approximate surface area is 136 Å². The lowest BCUT2D eigenvalue weighted by atomic mass is 10.1. The van der Waals surface area contributed by atoms with E-state index in [9.17, 15) is 4.79 Å². The van der Waals surface area contributed by atoms with E-state index >= 15 is 0 Å². The number of rotatable bonds is 8. The first-order valence-electron chi connectivity index (χ1n) is 6.99. The van der Waals surface area contributed by atoms with Crippen molar-refractivity contribution in [3.63, 3.8) is 0 Å². The van der Waals surface area contributed by atoms with Gasteiger partial charge in [0.15, 0.2) is 16.6 Å². The van der Waals surface area contributed by atoms with Gasteiger partial charge in [0, 0.05) is 6.54 Å². The molecular weight excluding hydrogens is 304 g/mol. The molecule has 1 aromatic carbocycles. The van der Waals surface area contributed by atoms with Gasteiger partial charge in [0.25, 0.3) is 0 Å². The number of hydrogen-bond acceptors (Lipinski definition) is 5. The molecule has 0 heterocycles. The van der Waals surface area contributed by atoms with Crippen molar-refractivity contribution in [2.45, 2.75) is 13.3 Å². The van der Waals surface area contributed by atoms with Crippen LogP contribution in [0.3, 0.4) is 0 Å². The first-order chi connectivity index (χ1) is 10.6. The Morgan fingerprint density at radius 1 is 1.18 bits per heavy atom. The fraction of sp³-hybridized carbons (Fsp3) is 0.467. The molecular formula is C15H22N2O4S. The second-order valence-corrected chi connectivity index (χ2v) is 4.76. The zero-order valence-corrected chi connectivity index (χ0v) is 13.9. The van der Waals surface area contributed by atoms with Gasteiger partial charge < -0.3 is 24.8 Å². The third kappa shape index (κ3) is 6.17. The van der Waals surface area contributed by atoms with Gasteiger partial charge >= 0.3 is 5.97 Å². The van der Waals surface area contributed by atoms with Crippen LogP contribution < -0.4 is 20.1 Å². The van der Waals surface area contributed by atoms with Gasteiger partial charge in [-0.25, -0.2) is 0 Å². The number of benzene rings is 1. The number of ether oxygens (including phenoxy) is 3. The van der Waals surface area contributed by atoms with Crippen LogP contribution in [0.1, 0.15) is 12.5 Å². The summed E-state index contributed by atoms with van der Waals surface area (Å²) in [4.78, 5) is 11.2. The number of esters is 1. The van der Waals surface area contributed by atoms with Gasteiger partial charge in [0.05, 0.1) is 20.8 Å². The van der Waals surface area contributed by atoms with E-state index in [2.05, 4.69) is 10.6 Å². The first kappa shape index (κ1) is 18.0. The summed E-state index contributed by atoms with van der Waals surface area (Å²) in [7, 11) is 3.21. The molecule has 0 amide bonds. The fourth-order valence-corrected chi connectivity index (χ4v) is 1.96. The van der Waals surface area contributed by atoms with E-state index in [1.807, 2.05) is 18.2 Å². The molecule has 0 saturated carbocycles. The van der Waals surface area contributed by atoms with Crippen molar-refractivity contribution in [1.29, 1.82) is 0 Å². The molecule has 0 saturated heterocycles. The molecule has 0 unspecified atom stereocenters. The molecule has 0 fully saturated rings. The van der Waals surface area contributed by atoms with Crippen molar-refractivity contribution in [3.05, 3.63) is 23.8 Å². The summed E-state index contributed by atoms with van der Waals surface area (Å²) in [5, 5.41) is 6.26. The smallest absolute Gasteiger partial charge is 0.325 e. The molecule has 2 N–H and O–H groups in total. The summed E-state index contributed by atoms with van der Waals surface area (Å²) < 4.78 is 15.2. The lowest BCUT2D eigenvalue weighted by Gasteiger charge is -2.11. The van der Waals surface area contributed by atoms with E-state index in [1.165, 1.54) is 0 Å². The zero-order valence-electron chi connectivity index (χ0n) is 13.1. The molecule has 0 radical (unpaired) electrons. The summed E-state index contributed by atoms with van der Waals surface area (Å²) in [6, 6.07) is 5.76. The standard InChI is InChI=1S/C15H22N2O4S/c1-4-21-14(18)10-17-15(22)16-8-7-11-5-6-12(19-2)13(9-11)20-3/h5-6,9H,4,7-8,10H2,1-3H3,(H2,16,17,22). The molecule has 122 valence electrons. The van der Waals surface area contributed by atoms with E-state index in [1.54, 1.807) is 21.1 Å². The summed E-state index contributed by atoms with van der Waals surface area (Å²) in [5.41, 5.74) is 1.10. The van der Waals surface area contributed by atoms with Gasteiger partial charge in [-0.1, -0.05) is 6.07 Å². The summed E-state index contributed by atoms with van der Waals surface area (Å²) >= 11 is 5.09. The molecule has 0 aromatic heterocycles. The van der Waals surface area contributed by atoms with Crippen LogP contribution in [0.4, 0.5) is 0 Å². The Morgan fingerprint density at radius 3 is 2.55 bits per heavy atom. The van der Waals surface area contributed by atoms with E-state index in [4.69, 9.17) is 26.4 Å². The molecule has 7 heteroatoms. The predicted octanol–water partition coefficient (Wildman–Crippen LogP) is 1.27. The molecule has 0 bridgehead atoms. The van der Waals surface area contributed by atoms with Crippen molar-refractivity contribution in [2.24, 2.45) is 0 Å². The molecule has 22 heavy (non-hydrogen) atoms. The third-order valence-corrected chi connectivity index (χ3v) is 3.13. The maximum absolute atomic E-state index is 11.2. The highest BCUT2D eigenvalue weighted by Gasteiger charge is 2.05. The van der Waals surface area contributed by atoms with Crippen molar-refractivity contribution < 1.29 is 19.0 Å². The van der Waals surface area contributed by atoms with E-state index < -0.39 is 0 Å². The second kappa shape index (κ2) is 9.83. The normalized spacial score (nSPS) is 9.77. The number of hydrogen-bond donors (Lipinski definition) is 2. The Bertz CT molecular complexity index is 508. The highest BCUT2D eigenvalue weighted by molar-refractivity contribution is 7.80. The van der Waals surface area contributed by atoms with Crippen LogP contribution in [0.5, 0.6) is 11.5 Å². The largest absolute Gasteiger partial charge is 0.493 e. The second-order valence-electron chi connectivity index (χ2n) is 4.35. The number of thiocarbonyl (C=S) groups is 1. The number of carbonyl (C=O) groups excluding carboxylic acids is 1. The minimum absolute atomic E-state index is 0.0655. The van der Waals surface area contributed by atoms with E-state index in [0.717, 1.165) is 12.0 Å². The number of methoxy groups -OCH3 is 2. The molecule has 1 aromatic rings. The van der Waals surface area contributed by atoms with Crippen LogP contribution in [0.15, 0.2) is 18.2 Å².